The maximum Gasteiger partial charge on any atom is 0.436 e. The van der Waals surface area contributed by atoms with Gasteiger partial charge >= 0.3 is 18.1 Å². The number of benzene rings is 1. The van der Waals surface area contributed by atoms with E-state index >= 15 is 0 Å². The van der Waals surface area contributed by atoms with Gasteiger partial charge in [-0.15, -0.1) is 5.11 Å². The number of ether oxygens (including phenoxy) is 1. The van der Waals surface area contributed by atoms with E-state index in [0.717, 1.165) is 12.0 Å². The molecule has 0 saturated carbocycles. The van der Waals surface area contributed by atoms with Crippen molar-refractivity contribution < 1.29 is 28.8 Å². The number of hydrogen-bond acceptors (Lipinski definition) is 8. The van der Waals surface area contributed by atoms with Crippen LogP contribution in [0.4, 0.5) is 15.3 Å². The second-order valence-corrected chi connectivity index (χ2v) is 7.50. The second kappa shape index (κ2) is 13.0. The van der Waals surface area contributed by atoms with Gasteiger partial charge in [0.2, 0.25) is 5.91 Å². The number of urea groups is 1. The van der Waals surface area contributed by atoms with E-state index < -0.39 is 18.2 Å². The lowest BCUT2D eigenvalue weighted by atomic mass is 10.2. The fraction of sp³-hybridized carbons (Fsp3) is 0.524. The second-order valence-electron chi connectivity index (χ2n) is 7.50. The van der Waals surface area contributed by atoms with E-state index in [1.54, 1.807) is 29.2 Å². The van der Waals surface area contributed by atoms with Crippen LogP contribution in [0.3, 0.4) is 0 Å². The van der Waals surface area contributed by atoms with Crippen LogP contribution >= 0.6 is 0 Å². The Bertz CT molecular complexity index is 857. The van der Waals surface area contributed by atoms with Crippen LogP contribution in [-0.2, 0) is 25.7 Å². The van der Waals surface area contributed by atoms with Gasteiger partial charge < -0.3 is 25.2 Å². The number of amides is 4. The minimum atomic E-state index is -0.642. The smallest absolute Gasteiger partial charge is 0.436 e. The third-order valence-corrected chi connectivity index (χ3v) is 4.64. The summed E-state index contributed by atoms with van der Waals surface area (Å²) in [5.74, 6) is -0.588. The Labute approximate surface area is 192 Å². The Kier molecular flexibility index (Phi) is 10.1. The summed E-state index contributed by atoms with van der Waals surface area (Å²) in [4.78, 5) is 54.8. The van der Waals surface area contributed by atoms with Crippen molar-refractivity contribution in [1.29, 1.82) is 0 Å². The topological polar surface area (TPSA) is 142 Å². The summed E-state index contributed by atoms with van der Waals surface area (Å²) in [6.07, 6.45) is 0.662. The maximum atomic E-state index is 12.7. The van der Waals surface area contributed by atoms with Gasteiger partial charge in [-0.3, -0.25) is 14.4 Å². The molecule has 1 aliphatic rings. The van der Waals surface area contributed by atoms with Gasteiger partial charge in [0.25, 0.3) is 0 Å². The molecule has 1 aromatic carbocycles. The van der Waals surface area contributed by atoms with Crippen LogP contribution in [0.2, 0.25) is 0 Å². The molecule has 12 nitrogen and oxygen atoms in total. The van der Waals surface area contributed by atoms with E-state index in [2.05, 4.69) is 25.9 Å². The molecule has 0 spiro atoms. The first-order valence-electron chi connectivity index (χ1n) is 10.7. The first-order valence-corrected chi connectivity index (χ1v) is 10.7. The summed E-state index contributed by atoms with van der Waals surface area (Å²) in [6.45, 7) is 3.06. The number of esters is 1. The Morgan fingerprint density at radius 1 is 1.21 bits per heavy atom. The SMILES string of the molecule is CCCOC(=O)CCNC(=O)N[C@H]1CCN(c2ccc(CN=NOC(=O)N(C)C)cc2)C1=O. The van der Waals surface area contributed by atoms with E-state index in [-0.39, 0.29) is 31.4 Å². The number of hydrogen-bond donors (Lipinski definition) is 2. The van der Waals surface area contributed by atoms with Gasteiger partial charge in [0.1, 0.15) is 6.04 Å². The van der Waals surface area contributed by atoms with Crippen molar-refractivity contribution in [2.45, 2.75) is 38.8 Å². The Morgan fingerprint density at radius 2 is 1.94 bits per heavy atom. The predicted octanol–water partition coefficient (Wildman–Crippen LogP) is 2.00. The molecule has 1 aromatic rings. The van der Waals surface area contributed by atoms with E-state index in [0.29, 0.717) is 25.3 Å². The molecule has 0 unspecified atom stereocenters. The Morgan fingerprint density at radius 3 is 2.61 bits per heavy atom. The van der Waals surface area contributed by atoms with Crippen molar-refractivity contribution in [3.8, 4) is 0 Å². The summed E-state index contributed by atoms with van der Waals surface area (Å²) >= 11 is 0. The number of nitrogens with one attached hydrogen (secondary N) is 2. The van der Waals surface area contributed by atoms with Gasteiger partial charge in [-0.25, -0.2) is 9.59 Å². The molecular formula is C21H30N6O6. The zero-order valence-electron chi connectivity index (χ0n) is 19.1. The molecule has 4 amide bonds. The van der Waals surface area contributed by atoms with Gasteiger partial charge in [-0.1, -0.05) is 19.1 Å². The van der Waals surface area contributed by atoms with Crippen LogP contribution in [0, 0.1) is 0 Å². The summed E-state index contributed by atoms with van der Waals surface area (Å²) in [5, 5.41) is 12.4. The molecule has 0 radical (unpaired) electrons. The standard InChI is InChI=1S/C21H30N6O6/c1-4-13-32-18(28)9-11-22-20(30)24-17-10-12-27(19(17)29)16-7-5-15(6-8-16)14-23-25-33-21(31)26(2)3/h5-8,17H,4,9-14H2,1-3H3,(H2,22,24,30)/t17-/m0/s1. The van der Waals surface area contributed by atoms with Crippen molar-refractivity contribution in [1.82, 2.24) is 15.5 Å². The summed E-state index contributed by atoms with van der Waals surface area (Å²) in [5.41, 5.74) is 1.52. The molecule has 33 heavy (non-hydrogen) atoms. The molecule has 0 bridgehead atoms. The van der Waals surface area contributed by atoms with Crippen molar-refractivity contribution in [3.63, 3.8) is 0 Å². The molecule has 0 aromatic heterocycles. The number of carbonyl (C=O) groups is 4. The zero-order valence-corrected chi connectivity index (χ0v) is 19.1. The highest BCUT2D eigenvalue weighted by Gasteiger charge is 2.33. The molecule has 180 valence electrons. The Balaban J connectivity index is 1.77. The molecule has 2 rings (SSSR count). The number of rotatable bonds is 10. The van der Waals surface area contributed by atoms with Gasteiger partial charge in [0.05, 0.1) is 19.6 Å². The third-order valence-electron chi connectivity index (χ3n) is 4.64. The molecule has 1 heterocycles. The lowest BCUT2D eigenvalue weighted by molar-refractivity contribution is -0.143. The highest BCUT2D eigenvalue weighted by Crippen LogP contribution is 2.22. The average Bonchev–Trinajstić information content (AvgIpc) is 3.15. The van der Waals surface area contributed by atoms with Crippen LogP contribution in [0.1, 0.15) is 31.7 Å². The normalized spacial score (nSPS) is 15.4. The molecule has 1 saturated heterocycles. The predicted molar refractivity (Wildman–Crippen MR) is 118 cm³/mol. The van der Waals surface area contributed by atoms with Crippen molar-refractivity contribution >= 4 is 29.7 Å². The molecule has 1 atom stereocenters. The monoisotopic (exact) mass is 462 g/mol. The van der Waals surface area contributed by atoms with Crippen LogP contribution in [0.15, 0.2) is 34.7 Å². The molecule has 1 fully saturated rings. The van der Waals surface area contributed by atoms with Crippen molar-refractivity contribution in [2.75, 3.05) is 38.7 Å². The fourth-order valence-corrected chi connectivity index (χ4v) is 2.88. The molecular weight excluding hydrogens is 432 g/mol. The minimum Gasteiger partial charge on any atom is -0.466 e. The summed E-state index contributed by atoms with van der Waals surface area (Å²) in [7, 11) is 3.08. The minimum absolute atomic E-state index is 0.0716. The molecule has 2 N–H and O–H groups in total. The van der Waals surface area contributed by atoms with E-state index in [4.69, 9.17) is 4.74 Å². The number of carbonyl (C=O) groups excluding carboxylic acids is 4. The van der Waals surface area contributed by atoms with Crippen molar-refractivity contribution in [2.24, 2.45) is 10.4 Å². The summed E-state index contributed by atoms with van der Waals surface area (Å²) < 4.78 is 4.94. The third kappa shape index (κ3) is 8.39. The quantitative estimate of drug-likeness (QED) is 0.309. The van der Waals surface area contributed by atoms with Crippen molar-refractivity contribution in [3.05, 3.63) is 29.8 Å². The lowest BCUT2D eigenvalue weighted by Crippen LogP contribution is -2.46. The number of anilines is 1. The van der Waals surface area contributed by atoms with Gasteiger partial charge in [-0.2, -0.15) is 0 Å². The fourth-order valence-electron chi connectivity index (χ4n) is 2.88. The highest BCUT2D eigenvalue weighted by molar-refractivity contribution is 6.01. The van der Waals surface area contributed by atoms with Crippen LogP contribution in [0.25, 0.3) is 0 Å². The van der Waals surface area contributed by atoms with Gasteiger partial charge in [-0.05, 0) is 30.5 Å². The molecule has 12 heteroatoms. The number of nitrogens with zero attached hydrogens (tertiary/aromatic N) is 4. The summed E-state index contributed by atoms with van der Waals surface area (Å²) in [6, 6.07) is 5.99. The molecule has 1 aliphatic heterocycles. The van der Waals surface area contributed by atoms with Crippen LogP contribution in [0.5, 0.6) is 0 Å². The van der Waals surface area contributed by atoms with Gasteiger partial charge in [0, 0.05) is 38.1 Å². The van der Waals surface area contributed by atoms with Crippen LogP contribution in [-0.4, -0.2) is 68.7 Å². The first kappa shape index (κ1) is 25.6. The highest BCUT2D eigenvalue weighted by atomic mass is 16.7. The zero-order chi connectivity index (χ0) is 24.2. The van der Waals surface area contributed by atoms with E-state index in [1.165, 1.54) is 19.0 Å². The molecule has 0 aliphatic carbocycles. The lowest BCUT2D eigenvalue weighted by Gasteiger charge is -2.17. The van der Waals surface area contributed by atoms with Gasteiger partial charge in [0.15, 0.2) is 0 Å². The maximum absolute atomic E-state index is 12.7. The van der Waals surface area contributed by atoms with E-state index in [9.17, 15) is 19.2 Å². The van der Waals surface area contributed by atoms with E-state index in [1.807, 2.05) is 6.92 Å². The largest absolute Gasteiger partial charge is 0.466 e. The van der Waals surface area contributed by atoms with Crippen LogP contribution < -0.4 is 15.5 Å². The average molecular weight is 463 g/mol. The Hall–Kier alpha value is -3.70. The first-order chi connectivity index (χ1) is 15.8.